The van der Waals surface area contributed by atoms with Gasteiger partial charge >= 0.3 is 11.9 Å². The summed E-state index contributed by atoms with van der Waals surface area (Å²) in [5.74, 6) is -3.26. The first-order valence-electron chi connectivity index (χ1n) is 7.30. The van der Waals surface area contributed by atoms with Gasteiger partial charge in [-0.05, 0) is 12.8 Å². The Morgan fingerprint density at radius 3 is 2.12 bits per heavy atom. The second-order valence-corrected chi connectivity index (χ2v) is 5.22. The fourth-order valence-corrected chi connectivity index (χ4v) is 1.66. The lowest BCUT2D eigenvalue weighted by atomic mass is 9.94. The van der Waals surface area contributed by atoms with Crippen molar-refractivity contribution in [3.63, 3.8) is 0 Å². The number of rotatable bonds is 13. The number of esters is 1. The van der Waals surface area contributed by atoms with Crippen LogP contribution in [0.5, 0.6) is 0 Å². The molecule has 0 heterocycles. The number of aliphatic hydroxyl groups is 4. The number of aliphatic carboxylic acids is 1. The standard InChI is InChI=1S/C13H24O12/c1-3-12(19,6-23-21)8(14)5-24-25-7-22-10(16)9(15)13(20,4-2)11(17)18/h8-9,14-15,19-21H,3-7H2,1-2H3,(H,17,18). The van der Waals surface area contributed by atoms with Gasteiger partial charge in [-0.3, -0.25) is 5.26 Å². The van der Waals surface area contributed by atoms with Crippen LogP contribution in [0.2, 0.25) is 0 Å². The molecule has 0 aliphatic heterocycles. The number of carboxylic acid groups (broad SMARTS) is 1. The maximum Gasteiger partial charge on any atom is 0.340 e. The van der Waals surface area contributed by atoms with Crippen molar-refractivity contribution in [2.24, 2.45) is 0 Å². The van der Waals surface area contributed by atoms with Crippen molar-refractivity contribution in [2.45, 2.75) is 50.1 Å². The average molecular weight is 372 g/mol. The smallest absolute Gasteiger partial charge is 0.340 e. The van der Waals surface area contributed by atoms with Gasteiger partial charge in [-0.15, -0.1) is 0 Å². The van der Waals surface area contributed by atoms with Crippen LogP contribution in [0.3, 0.4) is 0 Å². The van der Waals surface area contributed by atoms with E-state index in [1.807, 2.05) is 0 Å². The molecule has 0 spiro atoms. The number of hydrogen-bond donors (Lipinski definition) is 6. The van der Waals surface area contributed by atoms with Crippen LogP contribution in [0.1, 0.15) is 26.7 Å². The zero-order valence-corrected chi connectivity index (χ0v) is 13.8. The molecule has 0 aromatic carbocycles. The fourth-order valence-electron chi connectivity index (χ4n) is 1.66. The highest BCUT2D eigenvalue weighted by Gasteiger charge is 2.47. The van der Waals surface area contributed by atoms with Gasteiger partial charge in [0.05, 0.1) is 0 Å². The second-order valence-electron chi connectivity index (χ2n) is 5.22. The Hall–Kier alpha value is -1.38. The maximum atomic E-state index is 11.5. The summed E-state index contributed by atoms with van der Waals surface area (Å²) in [6, 6.07) is 0. The molecule has 0 bridgehead atoms. The Labute approximate surface area is 143 Å². The van der Waals surface area contributed by atoms with Crippen LogP contribution >= 0.6 is 0 Å². The van der Waals surface area contributed by atoms with Gasteiger partial charge in [-0.1, -0.05) is 13.8 Å². The molecule has 0 radical (unpaired) electrons. The minimum absolute atomic E-state index is 0.0179. The number of ether oxygens (including phenoxy) is 1. The third kappa shape index (κ3) is 6.45. The number of hydrogen-bond acceptors (Lipinski definition) is 11. The zero-order valence-electron chi connectivity index (χ0n) is 13.8. The summed E-state index contributed by atoms with van der Waals surface area (Å²) in [6.45, 7) is 0.713. The zero-order chi connectivity index (χ0) is 19.7. The molecule has 0 fully saturated rings. The van der Waals surface area contributed by atoms with Crippen molar-refractivity contribution < 1.29 is 59.8 Å². The third-order valence-corrected chi connectivity index (χ3v) is 3.69. The van der Waals surface area contributed by atoms with Gasteiger partial charge in [-0.25, -0.2) is 19.4 Å². The van der Waals surface area contributed by atoms with E-state index in [0.717, 1.165) is 0 Å². The first kappa shape index (κ1) is 23.6. The molecule has 0 aromatic rings. The molecule has 12 nitrogen and oxygen atoms in total. The van der Waals surface area contributed by atoms with Crippen molar-refractivity contribution in [1.82, 2.24) is 0 Å². The molecule has 0 aliphatic rings. The van der Waals surface area contributed by atoms with Crippen LogP contribution in [-0.2, 0) is 29.0 Å². The third-order valence-electron chi connectivity index (χ3n) is 3.69. The van der Waals surface area contributed by atoms with Crippen LogP contribution in [0.25, 0.3) is 0 Å². The molecule has 0 saturated carbocycles. The van der Waals surface area contributed by atoms with E-state index < -0.39 is 61.8 Å². The van der Waals surface area contributed by atoms with Gasteiger partial charge in [0, 0.05) is 0 Å². The van der Waals surface area contributed by atoms with E-state index in [9.17, 15) is 30.0 Å². The summed E-state index contributed by atoms with van der Waals surface area (Å²) < 4.78 is 4.37. The molecule has 4 unspecified atom stereocenters. The molecule has 0 saturated heterocycles. The first-order chi connectivity index (χ1) is 11.6. The van der Waals surface area contributed by atoms with E-state index in [-0.39, 0.29) is 6.42 Å². The highest BCUT2D eigenvalue weighted by Crippen LogP contribution is 2.18. The minimum atomic E-state index is -2.71. The maximum absolute atomic E-state index is 11.5. The van der Waals surface area contributed by atoms with E-state index in [1.54, 1.807) is 0 Å². The first-order valence-corrected chi connectivity index (χ1v) is 7.30. The van der Waals surface area contributed by atoms with Crippen molar-refractivity contribution >= 4 is 11.9 Å². The van der Waals surface area contributed by atoms with Gasteiger partial charge in [0.25, 0.3) is 0 Å². The van der Waals surface area contributed by atoms with E-state index in [0.29, 0.717) is 0 Å². The summed E-state index contributed by atoms with van der Waals surface area (Å²) in [4.78, 5) is 35.0. The number of carbonyl (C=O) groups excluding carboxylic acids is 1. The van der Waals surface area contributed by atoms with E-state index in [4.69, 9.17) is 10.4 Å². The van der Waals surface area contributed by atoms with E-state index in [2.05, 4.69) is 19.4 Å². The number of aliphatic hydroxyl groups excluding tert-OH is 2. The number of carbonyl (C=O) groups is 2. The summed E-state index contributed by atoms with van der Waals surface area (Å²) in [7, 11) is 0. The quantitative estimate of drug-likeness (QED) is 0.0686. The topological polar surface area (TPSA) is 192 Å². The van der Waals surface area contributed by atoms with Crippen molar-refractivity contribution in [3.8, 4) is 0 Å². The van der Waals surface area contributed by atoms with Crippen LogP contribution in [0, 0.1) is 0 Å². The normalized spacial score (nSPS) is 18.7. The molecular weight excluding hydrogens is 348 g/mol. The number of carboxylic acids is 1. The Kier molecular flexibility index (Phi) is 9.99. The van der Waals surface area contributed by atoms with Crippen molar-refractivity contribution in [2.75, 3.05) is 20.0 Å². The van der Waals surface area contributed by atoms with Gasteiger partial charge in [-0.2, -0.15) is 4.89 Å². The summed E-state index contributed by atoms with van der Waals surface area (Å²) in [5, 5.41) is 56.0. The van der Waals surface area contributed by atoms with Crippen LogP contribution < -0.4 is 0 Å². The lowest BCUT2D eigenvalue weighted by Crippen LogP contribution is -2.53. The Bertz CT molecular complexity index is 429. The molecule has 0 aromatic heterocycles. The lowest BCUT2D eigenvalue weighted by molar-refractivity contribution is -0.351. The molecule has 0 aliphatic carbocycles. The second kappa shape index (κ2) is 10.6. The van der Waals surface area contributed by atoms with Crippen LogP contribution in [0.4, 0.5) is 0 Å². The summed E-state index contributed by atoms with van der Waals surface area (Å²) in [6.07, 6.45) is -4.30. The van der Waals surface area contributed by atoms with Gasteiger partial charge in [0.1, 0.15) is 24.9 Å². The van der Waals surface area contributed by atoms with Gasteiger partial charge in [0.2, 0.25) is 6.79 Å². The van der Waals surface area contributed by atoms with Gasteiger partial charge < -0.3 is 30.3 Å². The molecule has 25 heavy (non-hydrogen) atoms. The predicted molar refractivity (Wildman–Crippen MR) is 76.7 cm³/mol. The average Bonchev–Trinajstić information content (AvgIpc) is 2.59. The fraction of sp³-hybridized carbons (Fsp3) is 0.846. The lowest BCUT2D eigenvalue weighted by Gasteiger charge is -2.29. The van der Waals surface area contributed by atoms with Crippen molar-refractivity contribution in [3.05, 3.63) is 0 Å². The monoisotopic (exact) mass is 372 g/mol. The molecule has 0 amide bonds. The Morgan fingerprint density at radius 2 is 1.68 bits per heavy atom. The van der Waals surface area contributed by atoms with E-state index in [1.165, 1.54) is 13.8 Å². The Balaban J connectivity index is 4.29. The molecule has 0 rings (SSSR count). The molecule has 4 atom stereocenters. The Morgan fingerprint density at radius 1 is 1.08 bits per heavy atom. The predicted octanol–water partition coefficient (Wildman–Crippen LogP) is -1.99. The highest BCUT2D eigenvalue weighted by atomic mass is 17.2. The van der Waals surface area contributed by atoms with Crippen molar-refractivity contribution in [1.29, 1.82) is 0 Å². The summed E-state index contributed by atoms with van der Waals surface area (Å²) >= 11 is 0. The van der Waals surface area contributed by atoms with E-state index >= 15 is 0 Å². The highest BCUT2D eigenvalue weighted by molar-refractivity contribution is 5.87. The minimum Gasteiger partial charge on any atom is -0.479 e. The molecular formula is C13H24O12. The molecule has 148 valence electrons. The SMILES string of the molecule is CCC(O)(COO)C(O)COOCOC(=O)C(O)C(O)(CC)C(=O)O. The molecule has 12 heteroatoms. The largest absolute Gasteiger partial charge is 0.479 e. The van der Waals surface area contributed by atoms with Crippen LogP contribution in [0.15, 0.2) is 0 Å². The summed E-state index contributed by atoms with van der Waals surface area (Å²) in [5.41, 5.74) is -4.51. The van der Waals surface area contributed by atoms with Crippen LogP contribution in [-0.4, -0.2) is 86.1 Å². The van der Waals surface area contributed by atoms with Gasteiger partial charge in [0.15, 0.2) is 11.7 Å². The molecule has 6 N–H and O–H groups in total.